The number of rotatable bonds is 5. The zero-order valence-corrected chi connectivity index (χ0v) is 14.2. The number of thioether (sulfide) groups is 1. The van der Waals surface area contributed by atoms with Gasteiger partial charge in [-0.25, -0.2) is 0 Å². The second-order valence-electron chi connectivity index (χ2n) is 4.43. The Morgan fingerprint density at radius 1 is 1.45 bits per heavy atom. The number of hydrogen-bond acceptors (Lipinski definition) is 4. The van der Waals surface area contributed by atoms with E-state index in [1.807, 2.05) is 28.8 Å². The number of aromatic nitrogens is 3. The number of para-hydroxylation sites is 1. The van der Waals surface area contributed by atoms with Crippen LogP contribution in [0.25, 0.3) is 0 Å². The number of nitrogens with zero attached hydrogens (tertiary/aromatic N) is 3. The van der Waals surface area contributed by atoms with Crippen molar-refractivity contribution in [2.45, 2.75) is 25.0 Å². The number of halogens is 1. The molecule has 0 saturated heterocycles. The molecule has 1 aromatic heterocycles. The molecule has 0 fully saturated rings. The molecule has 2 rings (SSSR count). The Hall–Kier alpha value is -1.09. The van der Waals surface area contributed by atoms with Crippen molar-refractivity contribution in [2.24, 2.45) is 0 Å². The van der Waals surface area contributed by atoms with Gasteiger partial charge in [0, 0.05) is 9.61 Å². The molecule has 106 valence electrons. The summed E-state index contributed by atoms with van der Waals surface area (Å²) in [6.45, 7) is 4.11. The van der Waals surface area contributed by atoms with E-state index in [-0.39, 0.29) is 11.9 Å². The van der Waals surface area contributed by atoms with Crippen LogP contribution in [0.2, 0.25) is 0 Å². The average Bonchev–Trinajstić information content (AvgIpc) is 2.88. The van der Waals surface area contributed by atoms with Crippen LogP contribution in [0, 0.1) is 3.57 Å². The Bertz CT molecular complexity index is 600. The van der Waals surface area contributed by atoms with E-state index >= 15 is 0 Å². The van der Waals surface area contributed by atoms with Gasteiger partial charge in [0.25, 0.3) is 0 Å². The third-order valence-corrected chi connectivity index (χ3v) is 4.47. The molecule has 7 heteroatoms. The second kappa shape index (κ2) is 7.07. The fraction of sp³-hybridized carbons (Fsp3) is 0.308. The summed E-state index contributed by atoms with van der Waals surface area (Å²) in [5, 5.41) is 11.6. The molecule has 1 heterocycles. The highest BCUT2D eigenvalue weighted by Crippen LogP contribution is 2.20. The van der Waals surface area contributed by atoms with E-state index in [1.165, 1.54) is 11.8 Å². The van der Waals surface area contributed by atoms with Gasteiger partial charge in [-0.2, -0.15) is 0 Å². The molecule has 1 amide bonds. The molecule has 20 heavy (non-hydrogen) atoms. The minimum absolute atomic E-state index is 0.0441. The van der Waals surface area contributed by atoms with Crippen LogP contribution < -0.4 is 5.32 Å². The summed E-state index contributed by atoms with van der Waals surface area (Å²) in [6, 6.07) is 7.97. The molecular weight excluding hydrogens is 387 g/mol. The lowest BCUT2D eigenvalue weighted by Gasteiger charge is -2.10. The highest BCUT2D eigenvalue weighted by Gasteiger charge is 2.11. The van der Waals surface area contributed by atoms with Crippen LogP contribution in [0.3, 0.4) is 0 Å². The lowest BCUT2D eigenvalue weighted by atomic mass is 10.3. The molecule has 0 saturated carbocycles. The zero-order chi connectivity index (χ0) is 14.5. The van der Waals surface area contributed by atoms with Gasteiger partial charge in [0.15, 0.2) is 5.16 Å². The molecule has 1 aromatic carbocycles. The molecule has 0 aliphatic carbocycles. The zero-order valence-electron chi connectivity index (χ0n) is 11.2. The first kappa shape index (κ1) is 15.3. The fourth-order valence-corrected chi connectivity index (χ4v) is 2.93. The maximum absolute atomic E-state index is 11.9. The topological polar surface area (TPSA) is 59.8 Å². The van der Waals surface area contributed by atoms with E-state index in [2.05, 4.69) is 52.0 Å². The van der Waals surface area contributed by atoms with E-state index < -0.39 is 0 Å². The molecular formula is C13H15IN4OS. The molecule has 0 atom stereocenters. The van der Waals surface area contributed by atoms with E-state index in [9.17, 15) is 4.79 Å². The van der Waals surface area contributed by atoms with Gasteiger partial charge in [0.1, 0.15) is 6.33 Å². The van der Waals surface area contributed by atoms with Crippen molar-refractivity contribution < 1.29 is 4.79 Å². The van der Waals surface area contributed by atoms with Gasteiger partial charge in [-0.05, 0) is 48.6 Å². The van der Waals surface area contributed by atoms with Crippen LogP contribution in [0.1, 0.15) is 19.9 Å². The molecule has 0 unspecified atom stereocenters. The third-order valence-electron chi connectivity index (χ3n) is 2.58. The van der Waals surface area contributed by atoms with Crippen molar-refractivity contribution >= 4 is 45.9 Å². The number of carbonyl (C=O) groups is 1. The van der Waals surface area contributed by atoms with Crippen LogP contribution in [-0.2, 0) is 4.79 Å². The first-order valence-electron chi connectivity index (χ1n) is 6.14. The predicted octanol–water partition coefficient (Wildman–Crippen LogP) is 3.19. The summed E-state index contributed by atoms with van der Waals surface area (Å²) in [7, 11) is 0. The molecule has 2 aromatic rings. The summed E-state index contributed by atoms with van der Waals surface area (Å²) < 4.78 is 2.97. The van der Waals surface area contributed by atoms with E-state index in [0.29, 0.717) is 5.75 Å². The number of carbonyl (C=O) groups excluding carboxylic acids is 1. The summed E-state index contributed by atoms with van der Waals surface area (Å²) in [6.07, 6.45) is 1.69. The highest BCUT2D eigenvalue weighted by atomic mass is 127. The maximum atomic E-state index is 11.9. The van der Waals surface area contributed by atoms with E-state index in [1.54, 1.807) is 6.33 Å². The maximum Gasteiger partial charge on any atom is 0.234 e. The van der Waals surface area contributed by atoms with Gasteiger partial charge in [-0.1, -0.05) is 23.9 Å². The van der Waals surface area contributed by atoms with Crippen LogP contribution in [0.5, 0.6) is 0 Å². The molecule has 0 spiro atoms. The van der Waals surface area contributed by atoms with Gasteiger partial charge in [0.2, 0.25) is 5.91 Å². The van der Waals surface area contributed by atoms with E-state index in [4.69, 9.17) is 0 Å². The van der Waals surface area contributed by atoms with Crippen molar-refractivity contribution in [3.63, 3.8) is 0 Å². The largest absolute Gasteiger partial charge is 0.324 e. The van der Waals surface area contributed by atoms with Crippen molar-refractivity contribution in [3.05, 3.63) is 34.2 Å². The van der Waals surface area contributed by atoms with Gasteiger partial charge in [-0.15, -0.1) is 10.2 Å². The number of nitrogens with one attached hydrogen (secondary N) is 1. The number of benzene rings is 1. The third kappa shape index (κ3) is 3.95. The molecule has 0 bridgehead atoms. The molecule has 0 aliphatic heterocycles. The van der Waals surface area contributed by atoms with Crippen molar-refractivity contribution in [3.8, 4) is 0 Å². The average molecular weight is 402 g/mol. The molecule has 1 N–H and O–H groups in total. The smallest absolute Gasteiger partial charge is 0.234 e. The minimum atomic E-state index is -0.0441. The Labute approximate surface area is 135 Å². The lowest BCUT2D eigenvalue weighted by molar-refractivity contribution is -0.113. The summed E-state index contributed by atoms with van der Waals surface area (Å²) in [5.41, 5.74) is 0.837. The highest BCUT2D eigenvalue weighted by molar-refractivity contribution is 14.1. The Balaban J connectivity index is 1.93. The Morgan fingerprint density at radius 2 is 2.20 bits per heavy atom. The quantitative estimate of drug-likeness (QED) is 0.617. The standard InChI is InChI=1S/C13H15IN4OS/c1-9(2)18-8-15-17-13(18)20-7-12(19)16-11-6-4-3-5-10(11)14/h3-6,8-9H,7H2,1-2H3,(H,16,19). The van der Waals surface area contributed by atoms with Gasteiger partial charge < -0.3 is 9.88 Å². The second-order valence-corrected chi connectivity index (χ2v) is 6.54. The number of amides is 1. The molecule has 0 radical (unpaired) electrons. The number of anilines is 1. The predicted molar refractivity (Wildman–Crippen MR) is 88.9 cm³/mol. The van der Waals surface area contributed by atoms with Crippen LogP contribution in [-0.4, -0.2) is 26.4 Å². The molecule has 0 aliphatic rings. The fourth-order valence-electron chi connectivity index (χ4n) is 1.57. The normalized spacial score (nSPS) is 10.8. The van der Waals surface area contributed by atoms with Crippen molar-refractivity contribution in [1.29, 1.82) is 0 Å². The minimum Gasteiger partial charge on any atom is -0.324 e. The van der Waals surface area contributed by atoms with Crippen molar-refractivity contribution in [1.82, 2.24) is 14.8 Å². The van der Waals surface area contributed by atoms with Gasteiger partial charge in [-0.3, -0.25) is 4.79 Å². The number of hydrogen-bond donors (Lipinski definition) is 1. The van der Waals surface area contributed by atoms with Gasteiger partial charge in [0.05, 0.1) is 11.4 Å². The summed E-state index contributed by atoms with van der Waals surface area (Å²) >= 11 is 3.59. The van der Waals surface area contributed by atoms with Gasteiger partial charge >= 0.3 is 0 Å². The lowest BCUT2D eigenvalue weighted by Crippen LogP contribution is -2.15. The Kier molecular flexibility index (Phi) is 5.41. The van der Waals surface area contributed by atoms with Crippen LogP contribution in [0.4, 0.5) is 5.69 Å². The van der Waals surface area contributed by atoms with Crippen LogP contribution >= 0.6 is 34.4 Å². The van der Waals surface area contributed by atoms with Crippen LogP contribution in [0.15, 0.2) is 35.7 Å². The van der Waals surface area contributed by atoms with Crippen molar-refractivity contribution in [2.75, 3.05) is 11.1 Å². The first-order chi connectivity index (χ1) is 9.58. The summed E-state index contributed by atoms with van der Waals surface area (Å²) in [5.74, 6) is 0.272. The first-order valence-corrected chi connectivity index (χ1v) is 8.21. The SMILES string of the molecule is CC(C)n1cnnc1SCC(=O)Nc1ccccc1I. The molecule has 5 nitrogen and oxygen atoms in total. The summed E-state index contributed by atoms with van der Waals surface area (Å²) in [4.78, 5) is 11.9. The van der Waals surface area contributed by atoms with E-state index in [0.717, 1.165) is 14.4 Å². The Morgan fingerprint density at radius 3 is 2.90 bits per heavy atom. The monoisotopic (exact) mass is 402 g/mol.